The van der Waals surface area contributed by atoms with Crippen LogP contribution in [0.3, 0.4) is 0 Å². The molecule has 7 nitrogen and oxygen atoms in total. The summed E-state index contributed by atoms with van der Waals surface area (Å²) in [6.07, 6.45) is 0. The van der Waals surface area contributed by atoms with Gasteiger partial charge in [0.05, 0.1) is 21.4 Å². The van der Waals surface area contributed by atoms with Gasteiger partial charge in [-0.25, -0.2) is 0 Å². The molecule has 0 aliphatic carbocycles. The minimum atomic E-state index is 0.257. The van der Waals surface area contributed by atoms with E-state index in [0.717, 1.165) is 0 Å². The molecule has 0 saturated carbocycles. The highest BCUT2D eigenvalue weighted by Crippen LogP contribution is 2.28. The Hall–Kier alpha value is -2.55. The van der Waals surface area contributed by atoms with Crippen molar-refractivity contribution in [1.29, 1.82) is 0 Å². The van der Waals surface area contributed by atoms with Crippen LogP contribution in [0.1, 0.15) is 11.6 Å². The van der Waals surface area contributed by atoms with Crippen molar-refractivity contribution in [1.82, 2.24) is 24.9 Å². The van der Waals surface area contributed by atoms with Gasteiger partial charge in [0, 0.05) is 7.05 Å². The maximum Gasteiger partial charge on any atom is 0.259 e. The number of aromatic nitrogens is 5. The van der Waals surface area contributed by atoms with Crippen molar-refractivity contribution in [3.63, 3.8) is 0 Å². The van der Waals surface area contributed by atoms with Gasteiger partial charge < -0.3 is 13.8 Å². The second-order valence-electron chi connectivity index (χ2n) is 5.96. The van der Waals surface area contributed by atoms with Crippen LogP contribution in [0.2, 0.25) is 10.0 Å². The molecule has 2 heterocycles. The summed E-state index contributed by atoms with van der Waals surface area (Å²) in [7, 11) is 1.87. The number of hydrogen-bond donors (Lipinski definition) is 0. The van der Waals surface area contributed by atoms with E-state index in [1.165, 1.54) is 11.8 Å². The molecule has 4 rings (SSSR count). The molecule has 0 saturated heterocycles. The number of para-hydroxylation sites is 1. The topological polar surface area (TPSA) is 78.9 Å². The van der Waals surface area contributed by atoms with Crippen molar-refractivity contribution in [2.24, 2.45) is 7.05 Å². The van der Waals surface area contributed by atoms with Gasteiger partial charge in [0.1, 0.15) is 12.4 Å². The largest absolute Gasteiger partial charge is 0.484 e. The van der Waals surface area contributed by atoms with Crippen molar-refractivity contribution in [2.45, 2.75) is 17.5 Å². The van der Waals surface area contributed by atoms with Crippen LogP contribution in [0.5, 0.6) is 5.75 Å². The first-order valence-electron chi connectivity index (χ1n) is 8.57. The fourth-order valence-corrected chi connectivity index (χ4v) is 3.67. The second-order valence-corrected chi connectivity index (χ2v) is 7.72. The minimum Gasteiger partial charge on any atom is -0.484 e. The summed E-state index contributed by atoms with van der Waals surface area (Å²) in [5.74, 6) is 2.69. The van der Waals surface area contributed by atoms with E-state index < -0.39 is 0 Å². The molecule has 2 aromatic heterocycles. The lowest BCUT2D eigenvalue weighted by Gasteiger charge is -2.07. The highest BCUT2D eigenvalue weighted by Gasteiger charge is 2.15. The van der Waals surface area contributed by atoms with Gasteiger partial charge in [-0.05, 0) is 24.3 Å². The lowest BCUT2D eigenvalue weighted by atomic mass is 10.2. The maximum atomic E-state index is 6.17. The van der Waals surface area contributed by atoms with E-state index in [4.69, 9.17) is 32.5 Å². The third-order valence-electron chi connectivity index (χ3n) is 4.02. The Morgan fingerprint density at radius 3 is 2.59 bits per heavy atom. The van der Waals surface area contributed by atoms with E-state index in [2.05, 4.69) is 20.3 Å². The molecule has 0 unspecified atom stereocenters. The predicted octanol–water partition coefficient (Wildman–Crippen LogP) is 5.04. The number of ether oxygens (including phenoxy) is 1. The van der Waals surface area contributed by atoms with Crippen LogP contribution in [0, 0.1) is 0 Å². The first-order valence-corrected chi connectivity index (χ1v) is 10.3. The average Bonchev–Trinajstić information content (AvgIpc) is 3.33. The Kier molecular flexibility index (Phi) is 6.03. The van der Waals surface area contributed by atoms with Crippen LogP contribution < -0.4 is 4.74 Å². The summed E-state index contributed by atoms with van der Waals surface area (Å²) in [4.78, 5) is 4.40. The summed E-state index contributed by atoms with van der Waals surface area (Å²) < 4.78 is 12.9. The Labute approximate surface area is 181 Å². The van der Waals surface area contributed by atoms with Crippen molar-refractivity contribution >= 4 is 35.0 Å². The van der Waals surface area contributed by atoms with Crippen molar-refractivity contribution in [3.8, 4) is 17.2 Å². The highest BCUT2D eigenvalue weighted by atomic mass is 35.5. The van der Waals surface area contributed by atoms with Gasteiger partial charge >= 0.3 is 0 Å². The van der Waals surface area contributed by atoms with Crippen molar-refractivity contribution < 1.29 is 9.26 Å². The molecular weight excluding hydrogens is 433 g/mol. The average molecular weight is 448 g/mol. The number of nitrogens with zero attached hydrogens (tertiary/aromatic N) is 5. The highest BCUT2D eigenvalue weighted by molar-refractivity contribution is 7.98. The maximum absolute atomic E-state index is 6.17. The zero-order valence-electron chi connectivity index (χ0n) is 15.2. The zero-order chi connectivity index (χ0) is 20.2. The molecule has 0 aliphatic heterocycles. The number of thioether (sulfide) groups is 1. The van der Waals surface area contributed by atoms with Gasteiger partial charge in [-0.3, -0.25) is 0 Å². The lowest BCUT2D eigenvalue weighted by Crippen LogP contribution is -2.04. The fourth-order valence-electron chi connectivity index (χ4n) is 2.49. The molecule has 0 N–H and O–H groups in total. The Morgan fingerprint density at radius 1 is 1.03 bits per heavy atom. The molecule has 0 bridgehead atoms. The molecule has 10 heteroatoms. The Morgan fingerprint density at radius 2 is 1.79 bits per heavy atom. The van der Waals surface area contributed by atoms with Crippen molar-refractivity contribution in [3.05, 3.63) is 70.2 Å². The Balaban J connectivity index is 1.39. The molecule has 0 radical (unpaired) electrons. The second kappa shape index (κ2) is 8.86. The van der Waals surface area contributed by atoms with E-state index >= 15 is 0 Å². The number of benzene rings is 2. The third kappa shape index (κ3) is 4.55. The Bertz CT molecular complexity index is 1130. The summed E-state index contributed by atoms with van der Waals surface area (Å²) in [5, 5.41) is 14.2. The van der Waals surface area contributed by atoms with Gasteiger partial charge in [0.25, 0.3) is 5.89 Å². The summed E-state index contributed by atoms with van der Waals surface area (Å²) in [6.45, 7) is 0.257. The normalized spacial score (nSPS) is 11.0. The minimum absolute atomic E-state index is 0.257. The van der Waals surface area contributed by atoms with Gasteiger partial charge in [0.2, 0.25) is 0 Å². The molecule has 148 valence electrons. The van der Waals surface area contributed by atoms with E-state index in [1.54, 1.807) is 18.2 Å². The zero-order valence-corrected chi connectivity index (χ0v) is 17.6. The summed E-state index contributed by atoms with van der Waals surface area (Å²) in [6, 6.07) is 14.6. The van der Waals surface area contributed by atoms with Crippen LogP contribution in [-0.4, -0.2) is 24.9 Å². The van der Waals surface area contributed by atoms with Gasteiger partial charge in [0.15, 0.2) is 16.8 Å². The van der Waals surface area contributed by atoms with E-state index in [0.29, 0.717) is 49.8 Å². The molecule has 0 aliphatic rings. The van der Waals surface area contributed by atoms with Gasteiger partial charge in [-0.15, -0.1) is 10.2 Å². The molecule has 29 heavy (non-hydrogen) atoms. The number of halogens is 2. The quantitative estimate of drug-likeness (QED) is 0.367. The lowest BCUT2D eigenvalue weighted by molar-refractivity contribution is 0.290. The number of rotatable bonds is 7. The van der Waals surface area contributed by atoms with E-state index in [9.17, 15) is 0 Å². The first-order chi connectivity index (χ1) is 14.1. The summed E-state index contributed by atoms with van der Waals surface area (Å²) in [5.41, 5.74) is 0.704. The van der Waals surface area contributed by atoms with Gasteiger partial charge in [-0.2, -0.15) is 4.98 Å². The first kappa shape index (κ1) is 19.8. The van der Waals surface area contributed by atoms with E-state index in [-0.39, 0.29) is 6.61 Å². The van der Waals surface area contributed by atoms with Gasteiger partial charge in [-0.1, -0.05) is 64.4 Å². The predicted molar refractivity (Wildman–Crippen MR) is 111 cm³/mol. The molecular formula is C19H15Cl2N5O2S. The smallest absolute Gasteiger partial charge is 0.259 e. The summed E-state index contributed by atoms with van der Waals surface area (Å²) >= 11 is 13.7. The monoisotopic (exact) mass is 447 g/mol. The van der Waals surface area contributed by atoms with Crippen LogP contribution in [0.4, 0.5) is 0 Å². The van der Waals surface area contributed by atoms with E-state index in [1.807, 2.05) is 41.9 Å². The standard InChI is InChI=1S/C19H15Cl2N5O2S/c1-26-17(10-27-15-9-5-4-8-14(15)21)23-24-19(26)29-11-16-22-18(28-25-16)12-6-2-3-7-13(12)20/h2-9H,10-11H2,1H3. The van der Waals surface area contributed by atoms with Crippen molar-refractivity contribution in [2.75, 3.05) is 0 Å². The van der Waals surface area contributed by atoms with Crippen LogP contribution >= 0.6 is 35.0 Å². The molecule has 0 atom stereocenters. The molecule has 0 spiro atoms. The molecule has 0 fully saturated rings. The van der Waals surface area contributed by atoms with Crippen LogP contribution in [-0.2, 0) is 19.4 Å². The number of hydrogen-bond acceptors (Lipinski definition) is 7. The fraction of sp³-hybridized carbons (Fsp3) is 0.158. The third-order valence-corrected chi connectivity index (χ3v) is 5.68. The molecule has 0 amide bonds. The molecule has 2 aromatic carbocycles. The molecule has 4 aromatic rings. The SMILES string of the molecule is Cn1c(COc2ccccc2Cl)nnc1SCc1noc(-c2ccccc2Cl)n1. The van der Waals surface area contributed by atoms with Crippen LogP contribution in [0.25, 0.3) is 11.5 Å². The van der Waals surface area contributed by atoms with Crippen LogP contribution in [0.15, 0.2) is 58.2 Å².